The Morgan fingerprint density at radius 1 is 1.18 bits per heavy atom. The number of amides is 2. The van der Waals surface area contributed by atoms with Gasteiger partial charge < -0.3 is 0 Å². The van der Waals surface area contributed by atoms with Gasteiger partial charge in [-0.2, -0.15) is 5.26 Å². The average molecular weight is 392 g/mol. The molecule has 140 valence electrons. The van der Waals surface area contributed by atoms with Gasteiger partial charge in [0.15, 0.2) is 17.1 Å². The van der Waals surface area contributed by atoms with Crippen LogP contribution in [0.15, 0.2) is 59.6 Å². The Morgan fingerprint density at radius 2 is 1.86 bits per heavy atom. The molecule has 1 aliphatic rings. The molecule has 0 bridgehead atoms. The van der Waals surface area contributed by atoms with Crippen LogP contribution in [0, 0.1) is 11.5 Å². The Kier molecular flexibility index (Phi) is 5.87. The van der Waals surface area contributed by atoms with Gasteiger partial charge in [0, 0.05) is 12.0 Å². The molecule has 1 atom stereocenters. The smallest absolute Gasteiger partial charge is 0.247 e. The molecular weight excluding hydrogens is 376 g/mol. The van der Waals surface area contributed by atoms with E-state index in [0.717, 1.165) is 16.7 Å². The molecule has 0 aromatic heterocycles. The number of Topliss-reactive ketones (excluding diaryl/α,β-unsaturated/α-hetero) is 1. The number of para-hydroxylation sites is 1. The molecule has 0 spiro atoms. The first-order valence-electron chi connectivity index (χ1n) is 8.43. The maximum Gasteiger partial charge on any atom is 0.247 e. The Labute approximate surface area is 166 Å². The highest BCUT2D eigenvalue weighted by Gasteiger charge is 2.40. The van der Waals surface area contributed by atoms with E-state index in [1.165, 1.54) is 6.92 Å². The summed E-state index contributed by atoms with van der Waals surface area (Å²) in [5.74, 6) is -0.816. The van der Waals surface area contributed by atoms with Crippen LogP contribution in [0.25, 0.3) is 0 Å². The van der Waals surface area contributed by atoms with E-state index in [0.29, 0.717) is 16.9 Å². The third-order valence-corrected chi connectivity index (χ3v) is 5.11. The summed E-state index contributed by atoms with van der Waals surface area (Å²) in [5.41, 5.74) is 1.54. The van der Waals surface area contributed by atoms with Gasteiger partial charge in [0.2, 0.25) is 11.8 Å². The fourth-order valence-electron chi connectivity index (χ4n) is 2.70. The van der Waals surface area contributed by atoms with Gasteiger partial charge in [0.25, 0.3) is 0 Å². The second-order valence-corrected chi connectivity index (χ2v) is 7.16. The van der Waals surface area contributed by atoms with Crippen LogP contribution in [0.1, 0.15) is 23.7 Å². The number of imide groups is 1. The Bertz CT molecular complexity index is 981. The zero-order valence-electron chi connectivity index (χ0n) is 15.0. The fourth-order valence-corrected chi connectivity index (χ4v) is 3.66. The number of aliphatic imine (C=N–C) groups is 1. The van der Waals surface area contributed by atoms with Crippen molar-refractivity contribution < 1.29 is 14.4 Å². The van der Waals surface area contributed by atoms with Crippen molar-refractivity contribution >= 4 is 45.9 Å². The molecular formula is C20H16N4O3S. The molecule has 1 aliphatic heterocycles. The molecule has 1 fully saturated rings. The van der Waals surface area contributed by atoms with Crippen molar-refractivity contribution in [3.8, 4) is 6.19 Å². The summed E-state index contributed by atoms with van der Waals surface area (Å²) in [4.78, 5) is 42.0. The maximum absolute atomic E-state index is 12.8. The zero-order valence-corrected chi connectivity index (χ0v) is 15.8. The molecule has 2 aromatic carbocycles. The summed E-state index contributed by atoms with van der Waals surface area (Å²) in [7, 11) is 0. The summed E-state index contributed by atoms with van der Waals surface area (Å²) < 4.78 is 0. The molecule has 3 rings (SSSR count). The van der Waals surface area contributed by atoms with Crippen LogP contribution in [0.2, 0.25) is 0 Å². The van der Waals surface area contributed by atoms with Crippen LogP contribution >= 0.6 is 11.8 Å². The number of anilines is 1. The fraction of sp³-hybridized carbons (Fsp3) is 0.150. The first kappa shape index (κ1) is 19.3. The summed E-state index contributed by atoms with van der Waals surface area (Å²) in [5, 5.41) is 11.0. The van der Waals surface area contributed by atoms with E-state index >= 15 is 0 Å². The first-order chi connectivity index (χ1) is 13.5. The molecule has 7 nitrogen and oxygen atoms in total. The quantitative estimate of drug-likeness (QED) is 0.214. The minimum Gasteiger partial charge on any atom is -0.295 e. The van der Waals surface area contributed by atoms with E-state index in [1.807, 2.05) is 18.2 Å². The second-order valence-electron chi connectivity index (χ2n) is 5.97. The summed E-state index contributed by atoms with van der Waals surface area (Å²) in [6, 6.07) is 15.3. The number of hydrogen-bond acceptors (Lipinski definition) is 6. The molecule has 1 saturated heterocycles. The van der Waals surface area contributed by atoms with Crippen molar-refractivity contribution in [3.63, 3.8) is 0 Å². The molecule has 0 saturated carbocycles. The number of nitriles is 1. The number of hydrogen-bond donors (Lipinski definition) is 1. The largest absolute Gasteiger partial charge is 0.295 e. The van der Waals surface area contributed by atoms with Gasteiger partial charge in [-0.15, -0.1) is 0 Å². The van der Waals surface area contributed by atoms with Crippen molar-refractivity contribution in [1.82, 2.24) is 5.32 Å². The molecule has 0 aliphatic carbocycles. The predicted octanol–water partition coefficient (Wildman–Crippen LogP) is 3.01. The number of carbonyl (C=O) groups excluding carboxylic acids is 3. The first-order valence-corrected chi connectivity index (χ1v) is 9.31. The Balaban J connectivity index is 1.79. The van der Waals surface area contributed by atoms with Gasteiger partial charge in [0.1, 0.15) is 5.25 Å². The van der Waals surface area contributed by atoms with Gasteiger partial charge in [-0.05, 0) is 43.3 Å². The second kappa shape index (κ2) is 8.50. The third kappa shape index (κ3) is 4.27. The number of thioether (sulfide) groups is 1. The molecule has 8 heteroatoms. The van der Waals surface area contributed by atoms with Gasteiger partial charge in [-0.25, -0.2) is 9.89 Å². The lowest BCUT2D eigenvalue weighted by atomic mass is 10.1. The van der Waals surface area contributed by atoms with Gasteiger partial charge in [0.05, 0.1) is 11.4 Å². The van der Waals surface area contributed by atoms with E-state index in [1.54, 1.807) is 42.6 Å². The summed E-state index contributed by atoms with van der Waals surface area (Å²) in [6.45, 7) is 1.45. The highest BCUT2D eigenvalue weighted by atomic mass is 32.2. The molecule has 1 N–H and O–H groups in total. The van der Waals surface area contributed by atoms with E-state index in [2.05, 4.69) is 10.3 Å². The van der Waals surface area contributed by atoms with Crippen molar-refractivity contribution in [2.45, 2.75) is 18.6 Å². The van der Waals surface area contributed by atoms with Crippen LogP contribution in [0.3, 0.4) is 0 Å². The van der Waals surface area contributed by atoms with Crippen molar-refractivity contribution in [2.75, 3.05) is 4.90 Å². The standard InChI is InChI=1S/C20H16N4O3S/c1-13(25)14-7-9-16(10-8-14)24-18(26)11-17(19(24)27)28-20(22-12-21)23-15-5-3-2-4-6-15/h2-10,17H,11H2,1H3,(H,22,23). The van der Waals surface area contributed by atoms with Gasteiger partial charge in [-0.1, -0.05) is 30.0 Å². The normalized spacial score (nSPS) is 16.8. The number of carbonyl (C=O) groups is 3. The van der Waals surface area contributed by atoms with Crippen molar-refractivity contribution in [1.29, 1.82) is 5.26 Å². The monoisotopic (exact) mass is 392 g/mol. The number of nitrogens with zero attached hydrogens (tertiary/aromatic N) is 3. The zero-order chi connectivity index (χ0) is 20.1. The number of ketones is 1. The number of benzene rings is 2. The van der Waals surface area contributed by atoms with Crippen LogP contribution in [0.5, 0.6) is 0 Å². The highest BCUT2D eigenvalue weighted by Crippen LogP contribution is 2.31. The van der Waals surface area contributed by atoms with E-state index in [9.17, 15) is 14.4 Å². The van der Waals surface area contributed by atoms with E-state index in [4.69, 9.17) is 5.26 Å². The molecule has 1 unspecified atom stereocenters. The van der Waals surface area contributed by atoms with Gasteiger partial charge in [-0.3, -0.25) is 19.7 Å². The van der Waals surface area contributed by atoms with Gasteiger partial charge >= 0.3 is 0 Å². The molecule has 1 heterocycles. The lowest BCUT2D eigenvalue weighted by molar-refractivity contribution is -0.121. The Morgan fingerprint density at radius 3 is 2.46 bits per heavy atom. The topological polar surface area (TPSA) is 103 Å². The molecule has 28 heavy (non-hydrogen) atoms. The molecule has 0 radical (unpaired) electrons. The van der Waals surface area contributed by atoms with E-state index in [-0.39, 0.29) is 29.2 Å². The third-order valence-electron chi connectivity index (χ3n) is 4.04. The highest BCUT2D eigenvalue weighted by molar-refractivity contribution is 8.15. The number of nitrogens with one attached hydrogen (secondary N) is 1. The minimum atomic E-state index is -0.691. The van der Waals surface area contributed by atoms with Crippen molar-refractivity contribution in [3.05, 3.63) is 60.2 Å². The summed E-state index contributed by atoms with van der Waals surface area (Å²) in [6.07, 6.45) is 1.80. The predicted molar refractivity (Wildman–Crippen MR) is 107 cm³/mol. The van der Waals surface area contributed by atoms with E-state index < -0.39 is 5.25 Å². The summed E-state index contributed by atoms with van der Waals surface area (Å²) >= 11 is 1.04. The van der Waals surface area contributed by atoms with Crippen LogP contribution in [-0.2, 0) is 9.59 Å². The van der Waals surface area contributed by atoms with Crippen molar-refractivity contribution in [2.24, 2.45) is 4.99 Å². The molecule has 2 aromatic rings. The maximum atomic E-state index is 12.8. The number of amidine groups is 1. The average Bonchev–Trinajstić information content (AvgIpc) is 2.96. The van der Waals surface area contributed by atoms with Crippen LogP contribution in [0.4, 0.5) is 11.4 Å². The molecule has 2 amide bonds. The van der Waals surface area contributed by atoms with Crippen LogP contribution in [-0.4, -0.2) is 28.0 Å². The van der Waals surface area contributed by atoms with Crippen LogP contribution < -0.4 is 10.2 Å². The minimum absolute atomic E-state index is 0.00111. The SMILES string of the molecule is CC(=O)c1ccc(N2C(=O)CC(SC(=Nc3ccccc3)NC#N)C2=O)cc1. The lowest BCUT2D eigenvalue weighted by Crippen LogP contribution is -2.32. The lowest BCUT2D eigenvalue weighted by Gasteiger charge is -2.15. The number of rotatable bonds is 4. The Hall–Kier alpha value is -3.44.